The summed E-state index contributed by atoms with van der Waals surface area (Å²) >= 11 is 0. The van der Waals surface area contributed by atoms with Gasteiger partial charge in [0.1, 0.15) is 37.8 Å². The first-order valence-corrected chi connectivity index (χ1v) is 32.1. The lowest BCUT2D eigenvalue weighted by atomic mass is 9.49. The second-order valence-electron chi connectivity index (χ2n) is 23.7. The Kier molecular flexibility index (Phi) is 33.9. The monoisotopic (exact) mass is 1280 g/mol. The molecular weight excluding hydrogens is 1180 g/mol. The van der Waals surface area contributed by atoms with Crippen molar-refractivity contribution in [2.75, 3.05) is 98.2 Å². The Hall–Kier alpha value is -6.75. The van der Waals surface area contributed by atoms with E-state index in [0.29, 0.717) is 56.8 Å². The Morgan fingerprint density at radius 2 is 1.24 bits per heavy atom. The minimum Gasteiger partial charge on any atom is -0.484 e. The van der Waals surface area contributed by atoms with Crippen molar-refractivity contribution in [2.45, 2.75) is 147 Å². The molecule has 1 aromatic carbocycles. The molecule has 4 fully saturated rings. The second kappa shape index (κ2) is 41.1. The van der Waals surface area contributed by atoms with Crippen molar-refractivity contribution >= 4 is 115 Å². The van der Waals surface area contributed by atoms with E-state index < -0.39 is 91.4 Å². The number of rotatable bonds is 44. The van der Waals surface area contributed by atoms with Gasteiger partial charge in [0.2, 0.25) is 57.7 Å². The van der Waals surface area contributed by atoms with E-state index in [9.17, 15) is 62.3 Å². The molecule has 0 aromatic heterocycles. The Labute approximate surface area is 544 Å². The molecular formula is C60H90B5N11O16. The first-order valence-electron chi connectivity index (χ1n) is 32.1. The maximum Gasteiger partial charge on any atom is 0.325 e. The van der Waals surface area contributed by atoms with E-state index in [-0.39, 0.29) is 145 Å². The Morgan fingerprint density at radius 3 is 1.77 bits per heavy atom. The number of carbonyl (C=O) groups is 13. The van der Waals surface area contributed by atoms with Crippen molar-refractivity contribution in [1.82, 2.24) is 50.4 Å². The molecule has 7 amide bonds. The maximum absolute atomic E-state index is 14.2. The van der Waals surface area contributed by atoms with Crippen LogP contribution in [0.15, 0.2) is 24.3 Å². The Morgan fingerprint density at radius 1 is 0.685 bits per heavy atom. The van der Waals surface area contributed by atoms with Gasteiger partial charge >= 0.3 is 5.97 Å². The number of nitrogens with zero attached hydrogens (tertiary/aromatic N) is 6. The second-order valence-corrected chi connectivity index (χ2v) is 23.7. The lowest BCUT2D eigenvalue weighted by Gasteiger charge is -2.26. The highest BCUT2D eigenvalue weighted by Gasteiger charge is 2.38. The van der Waals surface area contributed by atoms with Crippen LogP contribution in [-0.2, 0) is 78.4 Å². The van der Waals surface area contributed by atoms with Crippen LogP contribution in [0, 0.1) is 17.8 Å². The number of nitrogens with two attached hydrogens (primary N) is 1. The van der Waals surface area contributed by atoms with Crippen molar-refractivity contribution < 1.29 is 76.5 Å². The van der Waals surface area contributed by atoms with Crippen molar-refractivity contribution in [1.29, 1.82) is 0 Å². The normalized spacial score (nSPS) is 20.8. The van der Waals surface area contributed by atoms with Crippen molar-refractivity contribution in [2.24, 2.45) is 23.5 Å². The number of likely N-dealkylation sites (N-methyl/N-ethyl adjacent to an activating group) is 1. The molecule has 32 heteroatoms. The fraction of sp³-hybridized carbons (Fsp3) is 0.683. The number of hydrogen-bond acceptors (Lipinski definition) is 20. The molecule has 496 valence electrons. The van der Waals surface area contributed by atoms with Gasteiger partial charge in [-0.2, -0.15) is 0 Å². The van der Waals surface area contributed by atoms with Gasteiger partial charge in [-0.15, -0.1) is 0 Å². The molecule has 0 bridgehead atoms. The fourth-order valence-corrected chi connectivity index (χ4v) is 11.5. The van der Waals surface area contributed by atoms with Crippen LogP contribution in [0.4, 0.5) is 0 Å². The summed E-state index contributed by atoms with van der Waals surface area (Å²) in [6.45, 7) is 5.88. The van der Waals surface area contributed by atoms with E-state index in [4.69, 9.17) is 27.7 Å². The van der Waals surface area contributed by atoms with Crippen LogP contribution in [0.3, 0.4) is 0 Å². The molecule has 27 nitrogen and oxygen atoms in total. The highest BCUT2D eigenvalue weighted by molar-refractivity contribution is 6.90. The van der Waals surface area contributed by atoms with Crippen molar-refractivity contribution in [3.63, 3.8) is 0 Å². The van der Waals surface area contributed by atoms with Crippen molar-refractivity contribution in [3.8, 4) is 5.75 Å². The van der Waals surface area contributed by atoms with Gasteiger partial charge in [0.15, 0.2) is 18.2 Å². The predicted octanol–water partition coefficient (Wildman–Crippen LogP) is -2.37. The smallest absolute Gasteiger partial charge is 0.325 e. The molecule has 1 aromatic rings. The van der Waals surface area contributed by atoms with Gasteiger partial charge in [0, 0.05) is 104 Å². The Balaban J connectivity index is 1.21. The number of Topliss-reactive ketones (excluding diaryl/α,β-unsaturated/α-hetero) is 2. The summed E-state index contributed by atoms with van der Waals surface area (Å²) in [5.41, 5.74) is 6.43. The Bertz CT molecular complexity index is 2640. The first kappa shape index (κ1) is 76.0. The van der Waals surface area contributed by atoms with E-state index in [1.165, 1.54) is 21.9 Å². The molecule has 92 heavy (non-hydrogen) atoms. The molecule has 5 rings (SSSR count). The van der Waals surface area contributed by atoms with Gasteiger partial charge in [-0.25, -0.2) is 0 Å². The summed E-state index contributed by atoms with van der Waals surface area (Å²) in [5, 5.41) is 10.7. The number of ketones is 2. The van der Waals surface area contributed by atoms with Gasteiger partial charge in [-0.1, -0.05) is 26.0 Å². The largest absolute Gasteiger partial charge is 0.484 e. The molecule has 1 unspecified atom stereocenters. The number of carbonyl (C=O) groups excluding carboxylic acids is 13. The standard InChI is InChI=1S/C60H90B5N11O16/c1-4-67-54(84)40-90-50-16-13-43(14-17-50)39-91-58(88)32-69-53(83)35-73(57(87)30-64-76-24-7-11-47(76)38-79)26-20-68-52(82)18-15-44(60(89)70-31-51-41(2)42(3)59(65-61)92-51)27-49(81)34-71(55(85)28-62-74-22-5-9-45(74)36-77)21-8-12-48(80)33-72(25-19-66)56(86)29-63-75-23-6-10-46(75)37-78/h13-14,16-17,36-38,41-42,44-47,51,59H,4-12,15,18-35,39-40,66H2,1-3H3,(H,67,84)(H,68,82)(H,69,83)(H,70,89)/t41-,42?,44-,45+,46+,47+,51-,59-/m1/s1. The van der Waals surface area contributed by atoms with E-state index >= 15 is 0 Å². The number of benzene rings is 1. The lowest BCUT2D eigenvalue weighted by molar-refractivity contribution is -0.145. The van der Waals surface area contributed by atoms with Crippen LogP contribution in [-0.4, -0.2) is 272 Å². The zero-order valence-electron chi connectivity index (χ0n) is 53.6. The number of amides is 7. The minimum absolute atomic E-state index is 0.00698. The molecule has 4 heterocycles. The average molecular weight is 1280 g/mol. The van der Waals surface area contributed by atoms with Gasteiger partial charge in [-0.3, -0.25) is 47.9 Å². The number of nitrogens with one attached hydrogen (secondary N) is 4. The first-order chi connectivity index (χ1) is 44.3. The lowest BCUT2D eigenvalue weighted by Crippen LogP contribution is -2.46. The third-order valence-electron chi connectivity index (χ3n) is 17.1. The van der Waals surface area contributed by atoms with Crippen LogP contribution >= 0.6 is 0 Å². The summed E-state index contributed by atoms with van der Waals surface area (Å²) in [5.74, 6) is -5.59. The van der Waals surface area contributed by atoms with Crippen LogP contribution in [0.2, 0.25) is 19.0 Å². The molecule has 6 radical (unpaired) electrons. The topological polar surface area (TPSA) is 343 Å². The van der Waals surface area contributed by atoms with Gasteiger partial charge in [0.05, 0.1) is 51.0 Å². The highest BCUT2D eigenvalue weighted by atomic mass is 16.5. The fourth-order valence-electron chi connectivity index (χ4n) is 11.5. The third kappa shape index (κ3) is 26.0. The number of aldehydes is 3. The van der Waals surface area contributed by atoms with Crippen LogP contribution in [0.5, 0.6) is 5.75 Å². The molecule has 4 aliphatic rings. The zero-order valence-corrected chi connectivity index (χ0v) is 53.6. The highest BCUT2D eigenvalue weighted by Crippen LogP contribution is 2.31. The predicted molar refractivity (Wildman–Crippen MR) is 342 cm³/mol. The summed E-state index contributed by atoms with van der Waals surface area (Å²) < 4.78 is 16.9. The minimum atomic E-state index is -1.09. The SMILES string of the molecule is [B][B][C@@H]1O[C@H](CNC(=O)[C@H](CCC(=O)NCCN(CC(=O)NCC(=O)OCc2ccc(OCC(=O)NCC)cc2)C(=O)C[B]N2CCC[C@H]2C=O)CC(=O)CN(CCCC(=O)CN(CCN)C(=O)C[B]N2CCC[C@H]2C=O)C(=O)C[B]N2CCC[C@H]2C=O)[C@H](C)C1C. The number of ether oxygens (including phenoxy) is 3. The zero-order chi connectivity index (χ0) is 67.0. The van der Waals surface area contributed by atoms with Crippen molar-refractivity contribution in [3.05, 3.63) is 29.8 Å². The van der Waals surface area contributed by atoms with E-state index in [2.05, 4.69) is 21.3 Å². The van der Waals surface area contributed by atoms with E-state index in [1.807, 2.05) is 18.7 Å². The van der Waals surface area contributed by atoms with Crippen LogP contribution in [0.25, 0.3) is 0 Å². The molecule has 8 atom stereocenters. The van der Waals surface area contributed by atoms with Gasteiger partial charge < -0.3 is 84.7 Å². The van der Waals surface area contributed by atoms with E-state index in [1.54, 1.807) is 63.1 Å². The van der Waals surface area contributed by atoms with Crippen LogP contribution < -0.4 is 31.7 Å². The summed E-state index contributed by atoms with van der Waals surface area (Å²) in [4.78, 5) is 178. The molecule has 0 spiro atoms. The molecule has 0 aliphatic carbocycles. The van der Waals surface area contributed by atoms with Crippen LogP contribution in [0.1, 0.15) is 97.0 Å². The maximum atomic E-state index is 14.2. The summed E-state index contributed by atoms with van der Waals surface area (Å²) in [6.07, 6.45) is 5.20. The number of esters is 1. The van der Waals surface area contributed by atoms with Gasteiger partial charge in [0.25, 0.3) is 5.91 Å². The molecule has 6 N–H and O–H groups in total. The molecule has 4 aliphatic heterocycles. The molecule has 0 saturated carbocycles. The summed E-state index contributed by atoms with van der Waals surface area (Å²) in [7, 11) is 12.2. The quantitative estimate of drug-likeness (QED) is 0.0259. The van der Waals surface area contributed by atoms with E-state index in [0.717, 1.165) is 38.1 Å². The van der Waals surface area contributed by atoms with Gasteiger partial charge in [-0.05, 0) is 107 Å². The average Bonchev–Trinajstić information content (AvgIpc) is 1.89. The summed E-state index contributed by atoms with van der Waals surface area (Å²) in [6, 6.07) is 5.07. The third-order valence-corrected chi connectivity index (χ3v) is 17.1. The molecule has 4 saturated heterocycles. The number of hydrogen-bond donors (Lipinski definition) is 5.